The van der Waals surface area contributed by atoms with Gasteiger partial charge in [-0.05, 0) is 46.0 Å². The number of alkyl carbamates (subject to hydrolysis) is 1. The minimum absolute atomic E-state index is 0.0312. The molecule has 1 fully saturated rings. The van der Waals surface area contributed by atoms with Gasteiger partial charge in [-0.15, -0.1) is 23.1 Å². The van der Waals surface area contributed by atoms with Crippen molar-refractivity contribution in [1.29, 1.82) is 0 Å². The molecule has 0 saturated carbocycles. The highest BCUT2D eigenvalue weighted by atomic mass is 32.2. The van der Waals surface area contributed by atoms with E-state index in [0.717, 1.165) is 16.7 Å². The molecular weight excluding hydrogens is 817 g/mol. The summed E-state index contributed by atoms with van der Waals surface area (Å²) < 4.78 is 16.0. The summed E-state index contributed by atoms with van der Waals surface area (Å²) in [5, 5.41) is 14.5. The number of carbonyl (C=O) groups excluding carboxylic acids is 4. The van der Waals surface area contributed by atoms with E-state index >= 15 is 0 Å². The van der Waals surface area contributed by atoms with Crippen molar-refractivity contribution in [2.45, 2.75) is 23.6 Å². The fraction of sp³-hybridized carbons (Fsp3) is 0.200. The predicted molar refractivity (Wildman–Crippen MR) is 233 cm³/mol. The minimum Gasteiger partial charge on any atom is -0.497 e. The van der Waals surface area contributed by atoms with Crippen LogP contribution in [0.2, 0.25) is 0 Å². The fourth-order valence-corrected chi connectivity index (χ4v) is 9.04. The van der Waals surface area contributed by atoms with Gasteiger partial charge in [0.2, 0.25) is 0 Å². The molecule has 312 valence electrons. The minimum atomic E-state index is -1.01. The van der Waals surface area contributed by atoms with Crippen LogP contribution in [-0.2, 0) is 40.8 Å². The number of nitrogens with zero attached hydrogens (tertiary/aromatic N) is 3. The predicted octanol–water partition coefficient (Wildman–Crippen LogP) is 6.22. The SMILES string of the molecule is CNC(=O)OC/C=C\C1=C(C(=O)OCc2ccc(OC)cc2)N2C(=O)C(NC(=O)/C(=N\OC)c3csc(NC(c4ccccc4)(c4ccccc4)c4ccccc4)n3)[C@@H]2SC1. The number of oxime groups is 1. The van der Waals surface area contributed by atoms with Crippen LogP contribution in [0, 0.1) is 0 Å². The highest BCUT2D eigenvalue weighted by Crippen LogP contribution is 2.42. The van der Waals surface area contributed by atoms with Gasteiger partial charge >= 0.3 is 12.1 Å². The molecule has 16 heteroatoms. The number of nitrogens with one attached hydrogen (secondary N) is 3. The zero-order valence-electron chi connectivity index (χ0n) is 33.4. The van der Waals surface area contributed by atoms with E-state index in [2.05, 4.69) is 57.5 Å². The molecule has 5 aromatic rings. The Labute approximate surface area is 360 Å². The zero-order valence-corrected chi connectivity index (χ0v) is 35.0. The van der Waals surface area contributed by atoms with Crippen molar-refractivity contribution in [3.63, 3.8) is 0 Å². The van der Waals surface area contributed by atoms with E-state index in [-0.39, 0.29) is 36.1 Å². The summed E-state index contributed by atoms with van der Waals surface area (Å²) in [6.07, 6.45) is 2.57. The molecular formula is C45H42N6O8S2. The van der Waals surface area contributed by atoms with Gasteiger partial charge in [0.15, 0.2) is 10.8 Å². The molecule has 4 aromatic carbocycles. The van der Waals surface area contributed by atoms with Crippen LogP contribution in [-0.4, -0.2) is 84.5 Å². The van der Waals surface area contributed by atoms with E-state index in [1.807, 2.05) is 54.6 Å². The second-order valence-corrected chi connectivity index (χ2v) is 15.5. The molecule has 0 radical (unpaired) electrons. The molecule has 0 bridgehead atoms. The van der Waals surface area contributed by atoms with Crippen LogP contribution in [0.25, 0.3) is 0 Å². The lowest BCUT2D eigenvalue weighted by atomic mass is 9.77. The van der Waals surface area contributed by atoms with Crippen LogP contribution in [0.1, 0.15) is 27.9 Å². The van der Waals surface area contributed by atoms with Crippen LogP contribution in [0.15, 0.2) is 149 Å². The van der Waals surface area contributed by atoms with Crippen LogP contribution in [0.5, 0.6) is 5.75 Å². The summed E-state index contributed by atoms with van der Waals surface area (Å²) in [5.74, 6) is -1.01. The number of carbonyl (C=O) groups is 4. The number of amides is 3. The molecule has 3 amide bonds. The van der Waals surface area contributed by atoms with Gasteiger partial charge in [-0.3, -0.25) is 14.5 Å². The number of anilines is 1. The fourth-order valence-electron chi connectivity index (χ4n) is 6.97. The van der Waals surface area contributed by atoms with Crippen molar-refractivity contribution in [1.82, 2.24) is 20.5 Å². The number of allylic oxidation sites excluding steroid dienone is 1. The molecule has 2 atom stereocenters. The Bertz CT molecular complexity index is 2350. The normalized spacial score (nSPS) is 16.3. The second kappa shape index (κ2) is 19.4. The van der Waals surface area contributed by atoms with E-state index in [1.165, 1.54) is 42.2 Å². The first-order valence-corrected chi connectivity index (χ1v) is 21.0. The molecule has 7 rings (SSSR count). The van der Waals surface area contributed by atoms with E-state index in [1.54, 1.807) is 48.9 Å². The Kier molecular flexibility index (Phi) is 13.5. The van der Waals surface area contributed by atoms with Crippen molar-refractivity contribution in [2.75, 3.05) is 38.9 Å². The number of benzene rings is 4. The third-order valence-corrected chi connectivity index (χ3v) is 12.0. The van der Waals surface area contributed by atoms with Gasteiger partial charge < -0.3 is 35.0 Å². The highest BCUT2D eigenvalue weighted by Gasteiger charge is 2.54. The average Bonchev–Trinajstić information content (AvgIpc) is 3.78. The van der Waals surface area contributed by atoms with Gasteiger partial charge in [0.25, 0.3) is 11.8 Å². The van der Waals surface area contributed by atoms with E-state index in [9.17, 15) is 19.2 Å². The van der Waals surface area contributed by atoms with Crippen LogP contribution >= 0.6 is 23.1 Å². The van der Waals surface area contributed by atoms with Crippen molar-refractivity contribution in [3.8, 4) is 5.75 Å². The Morgan fingerprint density at radius 1 is 0.885 bits per heavy atom. The van der Waals surface area contributed by atoms with Crippen LogP contribution in [0.3, 0.4) is 0 Å². The second-order valence-electron chi connectivity index (χ2n) is 13.5. The van der Waals surface area contributed by atoms with Crippen molar-refractivity contribution < 1.29 is 38.2 Å². The van der Waals surface area contributed by atoms with Crippen molar-refractivity contribution in [2.24, 2.45) is 5.16 Å². The number of thioether (sulfide) groups is 1. The number of aromatic nitrogens is 1. The Balaban J connectivity index is 1.12. The third-order valence-electron chi connectivity index (χ3n) is 9.90. The van der Waals surface area contributed by atoms with Crippen LogP contribution in [0.4, 0.5) is 9.93 Å². The van der Waals surface area contributed by atoms with E-state index in [4.69, 9.17) is 24.0 Å². The van der Waals surface area contributed by atoms with Gasteiger partial charge in [-0.1, -0.05) is 114 Å². The summed E-state index contributed by atoms with van der Waals surface area (Å²) in [4.78, 5) is 64.6. The monoisotopic (exact) mass is 858 g/mol. The maximum Gasteiger partial charge on any atom is 0.407 e. The summed E-state index contributed by atoms with van der Waals surface area (Å²) in [7, 11) is 4.32. The van der Waals surface area contributed by atoms with Crippen molar-refractivity contribution >= 4 is 57.8 Å². The summed E-state index contributed by atoms with van der Waals surface area (Å²) >= 11 is 2.64. The number of fused-ring (bicyclic) bond motifs is 1. The molecule has 14 nitrogen and oxygen atoms in total. The lowest BCUT2D eigenvalue weighted by Crippen LogP contribution is -2.71. The number of β-lactam (4-membered cyclic amide) rings is 1. The maximum absolute atomic E-state index is 14.0. The number of rotatable bonds is 16. The summed E-state index contributed by atoms with van der Waals surface area (Å²) in [6.45, 7) is -0.132. The Hall–Kier alpha value is -6.91. The van der Waals surface area contributed by atoms with Gasteiger partial charge in [0, 0.05) is 18.2 Å². The molecule has 0 spiro atoms. The molecule has 1 aromatic heterocycles. The molecule has 0 aliphatic carbocycles. The molecule has 2 aliphatic rings. The lowest BCUT2D eigenvalue weighted by molar-refractivity contribution is -0.153. The number of esters is 1. The molecule has 2 aliphatic heterocycles. The number of hydrogen-bond acceptors (Lipinski definition) is 13. The average molecular weight is 859 g/mol. The molecule has 61 heavy (non-hydrogen) atoms. The first-order valence-electron chi connectivity index (χ1n) is 19.1. The van der Waals surface area contributed by atoms with Gasteiger partial charge in [-0.2, -0.15) is 0 Å². The standard InChI is InChI=1S/C45H42N6O8S2/c1-46-44(55)58-25-13-14-30-27-60-41-37(40(53)51(41)38(30)42(54)59-26-29-21-23-34(56-2)24-22-29)48-39(52)36(50-57-3)35-28-61-43(47-35)49-45(31-15-7-4-8-16-31,32-17-9-5-10-18-32)33-19-11-6-12-20-33/h4-24,28,37,41H,25-27H2,1-3H3,(H,46,55)(H,47,49)(H,48,52)/b14-13-,50-36-/t37?,41-/m0/s1. The van der Waals surface area contributed by atoms with Crippen molar-refractivity contribution in [3.05, 3.63) is 172 Å². The molecule has 1 unspecified atom stereocenters. The third kappa shape index (κ3) is 9.15. The Morgan fingerprint density at radius 3 is 2.08 bits per heavy atom. The van der Waals surface area contributed by atoms with Gasteiger partial charge in [0.05, 0.1) is 7.11 Å². The first kappa shape index (κ1) is 42.2. The highest BCUT2D eigenvalue weighted by molar-refractivity contribution is 8.00. The van der Waals surface area contributed by atoms with Gasteiger partial charge in [0.1, 0.15) is 54.4 Å². The topological polar surface area (TPSA) is 170 Å². The Morgan fingerprint density at radius 2 is 1.51 bits per heavy atom. The number of hydrogen-bond donors (Lipinski definition) is 3. The summed E-state index contributed by atoms with van der Waals surface area (Å²) in [5.41, 5.74) is 3.36. The smallest absolute Gasteiger partial charge is 0.407 e. The lowest BCUT2D eigenvalue weighted by Gasteiger charge is -2.49. The molecule has 1 saturated heterocycles. The quantitative estimate of drug-likeness (QED) is 0.0339. The van der Waals surface area contributed by atoms with Gasteiger partial charge in [-0.25, -0.2) is 14.6 Å². The molecule has 3 heterocycles. The van der Waals surface area contributed by atoms with Crippen LogP contribution < -0.4 is 20.7 Å². The van der Waals surface area contributed by atoms with E-state index < -0.39 is 40.8 Å². The zero-order chi connectivity index (χ0) is 42.8. The maximum atomic E-state index is 14.0. The number of ether oxygens (including phenoxy) is 3. The molecule has 3 N–H and O–H groups in total. The largest absolute Gasteiger partial charge is 0.497 e. The number of methoxy groups -OCH3 is 1. The van der Waals surface area contributed by atoms with E-state index in [0.29, 0.717) is 22.0 Å². The number of thiazole rings is 1. The first-order chi connectivity index (χ1) is 29.8. The summed E-state index contributed by atoms with van der Waals surface area (Å²) in [6, 6.07) is 36.1.